The third-order valence-electron chi connectivity index (χ3n) is 3.52. The largest absolute Gasteiger partial charge is 3.00 e. The molecule has 0 atom stereocenters. The number of allylic oxidation sites excluding steroid dienone is 4. The van der Waals surface area contributed by atoms with Gasteiger partial charge in [0.25, 0.3) is 0 Å². The Kier molecular flexibility index (Phi) is 10.1. The van der Waals surface area contributed by atoms with Crippen LogP contribution in [0.4, 0.5) is 0 Å². The second-order valence-corrected chi connectivity index (χ2v) is 4.23. The number of hydrogen-bond acceptors (Lipinski definition) is 0. The summed E-state index contributed by atoms with van der Waals surface area (Å²) < 4.78 is 0. The van der Waals surface area contributed by atoms with Gasteiger partial charge in [-0.3, -0.25) is 0 Å². The molecule has 0 spiro atoms. The van der Waals surface area contributed by atoms with Gasteiger partial charge in [0.1, 0.15) is 0 Å². The van der Waals surface area contributed by atoms with Gasteiger partial charge in [0.05, 0.1) is 0 Å². The molecule has 0 saturated carbocycles. The van der Waals surface area contributed by atoms with Crippen molar-refractivity contribution in [1.29, 1.82) is 0 Å². The average Bonchev–Trinajstić information content (AvgIpc) is 2.13. The minimum atomic E-state index is 0. The Morgan fingerprint density at radius 2 is 1.40 bits per heavy atom. The Hall–Kier alpha value is 0.774. The van der Waals surface area contributed by atoms with Crippen molar-refractivity contribution in [1.82, 2.24) is 0 Å². The van der Waals surface area contributed by atoms with Crippen molar-refractivity contribution in [3.8, 4) is 0 Å². The summed E-state index contributed by atoms with van der Waals surface area (Å²) in [7, 11) is 0. The van der Waals surface area contributed by atoms with E-state index in [-0.39, 0.29) is 51.9 Å². The van der Waals surface area contributed by atoms with Crippen molar-refractivity contribution in [2.45, 2.75) is 41.0 Å². The molecule has 0 amide bonds. The Morgan fingerprint density at radius 3 is 1.53 bits per heavy atom. The van der Waals surface area contributed by atoms with Crippen LogP contribution in [0.2, 0.25) is 0 Å². The first-order valence-electron chi connectivity index (χ1n) is 4.60. The normalized spacial score (nSPS) is 18.0. The third-order valence-corrected chi connectivity index (χ3v) is 3.52. The summed E-state index contributed by atoms with van der Waals surface area (Å²) in [6, 6.07) is 0. The van der Waals surface area contributed by atoms with Gasteiger partial charge in [-0.25, -0.2) is 0 Å². The van der Waals surface area contributed by atoms with Crippen molar-refractivity contribution >= 4 is 0 Å². The van der Waals surface area contributed by atoms with Crippen molar-refractivity contribution in [2.24, 2.45) is 5.41 Å². The number of halogens is 2. The van der Waals surface area contributed by atoms with Gasteiger partial charge in [-0.2, -0.15) is 6.42 Å². The van der Waals surface area contributed by atoms with Crippen molar-refractivity contribution in [3.05, 3.63) is 29.2 Å². The molecule has 15 heavy (non-hydrogen) atoms. The zero-order valence-corrected chi connectivity index (χ0v) is 13.2. The molecule has 0 aromatic rings. The van der Waals surface area contributed by atoms with Gasteiger partial charge in [0, 0.05) is 5.41 Å². The van der Waals surface area contributed by atoms with Crippen LogP contribution >= 0.6 is 0 Å². The first-order valence-corrected chi connectivity index (χ1v) is 4.60. The Labute approximate surface area is 122 Å². The molecular formula is C12H19Cl2Ti. The molecule has 0 bridgehead atoms. The molecule has 0 aromatic heterocycles. The Balaban J connectivity index is -0.000000480. The summed E-state index contributed by atoms with van der Waals surface area (Å²) >= 11 is 0. The van der Waals surface area contributed by atoms with Gasteiger partial charge in [-0.05, 0) is 26.3 Å². The third kappa shape index (κ3) is 3.36. The summed E-state index contributed by atoms with van der Waals surface area (Å²) in [6.07, 6.45) is 0.938. The zero-order chi connectivity index (χ0) is 9.52. The SMILES string of the molecule is [CH2-]CC1=C(C)C(C)=C(C)C1(C)C.[Cl-].[Cl-].[Ti+3]. The van der Waals surface area contributed by atoms with Crippen LogP contribution in [-0.2, 0) is 21.7 Å². The van der Waals surface area contributed by atoms with E-state index in [0.717, 1.165) is 6.42 Å². The summed E-state index contributed by atoms with van der Waals surface area (Å²) in [5, 5.41) is 0. The smallest absolute Gasteiger partial charge is 1.00 e. The molecule has 0 N–H and O–H groups in total. The molecule has 1 aliphatic carbocycles. The molecule has 85 valence electrons. The van der Waals surface area contributed by atoms with E-state index in [1.807, 2.05) is 0 Å². The summed E-state index contributed by atoms with van der Waals surface area (Å²) in [5.41, 5.74) is 6.22. The van der Waals surface area contributed by atoms with E-state index in [0.29, 0.717) is 0 Å². The van der Waals surface area contributed by atoms with Crippen molar-refractivity contribution in [2.75, 3.05) is 0 Å². The standard InChI is InChI=1S/C12H19.2ClH.Ti/c1-7-11-9(3)8(2)10(4)12(11,5)6;;;/h1,7H2,2-6H3;2*1H;/q-1;;;+3/p-2. The molecule has 0 aliphatic heterocycles. The van der Waals surface area contributed by atoms with E-state index in [2.05, 4.69) is 41.5 Å². The molecule has 0 nitrogen and oxygen atoms in total. The zero-order valence-electron chi connectivity index (χ0n) is 10.2. The second-order valence-electron chi connectivity index (χ2n) is 4.23. The molecule has 0 aromatic carbocycles. The number of hydrogen-bond donors (Lipinski definition) is 0. The molecule has 3 heteroatoms. The van der Waals surface area contributed by atoms with Crippen LogP contribution in [0, 0.1) is 12.3 Å². The molecule has 0 unspecified atom stereocenters. The van der Waals surface area contributed by atoms with E-state index in [1.165, 1.54) is 22.3 Å². The van der Waals surface area contributed by atoms with Crippen LogP contribution in [-0.4, -0.2) is 0 Å². The quantitative estimate of drug-likeness (QED) is 0.382. The van der Waals surface area contributed by atoms with Crippen LogP contribution in [0.5, 0.6) is 0 Å². The Bertz CT molecular complexity index is 275. The van der Waals surface area contributed by atoms with Gasteiger partial charge >= 0.3 is 21.7 Å². The molecule has 1 rings (SSSR count). The van der Waals surface area contributed by atoms with Gasteiger partial charge in [0.15, 0.2) is 0 Å². The predicted molar refractivity (Wildman–Crippen MR) is 54.8 cm³/mol. The van der Waals surface area contributed by atoms with Crippen LogP contribution in [0.25, 0.3) is 0 Å². The van der Waals surface area contributed by atoms with Crippen molar-refractivity contribution < 1.29 is 46.5 Å². The van der Waals surface area contributed by atoms with E-state index >= 15 is 0 Å². The van der Waals surface area contributed by atoms with E-state index < -0.39 is 0 Å². The van der Waals surface area contributed by atoms with E-state index in [1.54, 1.807) is 0 Å². The minimum Gasteiger partial charge on any atom is -1.00 e. The fourth-order valence-electron chi connectivity index (χ4n) is 2.17. The monoisotopic (exact) mass is 281 g/mol. The summed E-state index contributed by atoms with van der Waals surface area (Å²) in [5.74, 6) is 0. The maximum Gasteiger partial charge on any atom is 3.00 e. The summed E-state index contributed by atoms with van der Waals surface area (Å²) in [4.78, 5) is 0. The maximum absolute atomic E-state index is 4.00. The predicted octanol–water partition coefficient (Wildman–Crippen LogP) is -2.09. The van der Waals surface area contributed by atoms with Gasteiger partial charge < -0.3 is 31.7 Å². The van der Waals surface area contributed by atoms with Crippen LogP contribution in [0.3, 0.4) is 0 Å². The van der Waals surface area contributed by atoms with Crippen LogP contribution < -0.4 is 24.8 Å². The first-order chi connectivity index (χ1) is 5.42. The summed E-state index contributed by atoms with van der Waals surface area (Å²) in [6.45, 7) is 15.3. The van der Waals surface area contributed by atoms with Gasteiger partial charge in [-0.1, -0.05) is 30.6 Å². The van der Waals surface area contributed by atoms with Gasteiger partial charge in [-0.15, -0.1) is 0 Å². The van der Waals surface area contributed by atoms with Gasteiger partial charge in [0.2, 0.25) is 0 Å². The van der Waals surface area contributed by atoms with Crippen LogP contribution in [0.1, 0.15) is 41.0 Å². The van der Waals surface area contributed by atoms with Crippen molar-refractivity contribution in [3.63, 3.8) is 0 Å². The molecule has 0 saturated heterocycles. The van der Waals surface area contributed by atoms with E-state index in [4.69, 9.17) is 0 Å². The minimum absolute atomic E-state index is 0. The molecular weight excluding hydrogens is 263 g/mol. The fourth-order valence-corrected chi connectivity index (χ4v) is 2.17. The topological polar surface area (TPSA) is 0 Å². The Morgan fingerprint density at radius 1 is 1.00 bits per heavy atom. The van der Waals surface area contributed by atoms with E-state index in [9.17, 15) is 0 Å². The molecule has 1 radical (unpaired) electrons. The van der Waals surface area contributed by atoms with Crippen LogP contribution in [0.15, 0.2) is 22.3 Å². The fraction of sp³-hybridized carbons (Fsp3) is 0.583. The average molecular weight is 282 g/mol. The maximum atomic E-state index is 4.00. The second kappa shape index (κ2) is 7.17. The molecule has 1 aliphatic rings. The molecule has 0 fully saturated rings. The molecule has 0 heterocycles. The first kappa shape index (κ1) is 21.1. The number of rotatable bonds is 1.